The van der Waals surface area contributed by atoms with Gasteiger partial charge in [0, 0.05) is 0 Å². The van der Waals surface area contributed by atoms with E-state index in [1.165, 1.54) is 11.3 Å². The number of ether oxygens (including phenoxy) is 1. The van der Waals surface area contributed by atoms with E-state index in [0.717, 1.165) is 12.8 Å². The highest BCUT2D eigenvalue weighted by molar-refractivity contribution is 7.12. The molecule has 122 valence electrons. The lowest BCUT2D eigenvalue weighted by molar-refractivity contribution is -0.147. The summed E-state index contributed by atoms with van der Waals surface area (Å²) < 4.78 is 4.79. The summed E-state index contributed by atoms with van der Waals surface area (Å²) in [5, 5.41) is 15.9. The van der Waals surface area contributed by atoms with Crippen LogP contribution < -0.4 is 10.6 Å². The Bertz CT molecular complexity index is 634. The van der Waals surface area contributed by atoms with Gasteiger partial charge in [-0.25, -0.2) is 0 Å². The summed E-state index contributed by atoms with van der Waals surface area (Å²) in [6.45, 7) is 0.867. The number of carbonyl (C=O) groups excluding carboxylic acids is 3. The second-order valence-electron chi connectivity index (χ2n) is 5.46. The molecule has 0 unspecified atom stereocenters. The van der Waals surface area contributed by atoms with E-state index in [4.69, 9.17) is 10.00 Å². The summed E-state index contributed by atoms with van der Waals surface area (Å²) in [6, 6.07) is 5.46. The van der Waals surface area contributed by atoms with Gasteiger partial charge in [0.05, 0.1) is 10.9 Å². The Morgan fingerprint density at radius 1 is 1.48 bits per heavy atom. The number of esters is 1. The van der Waals surface area contributed by atoms with Crippen LogP contribution in [0.25, 0.3) is 0 Å². The molecule has 2 amide bonds. The molecule has 1 aliphatic carbocycles. The molecule has 1 aliphatic rings. The van der Waals surface area contributed by atoms with Crippen molar-refractivity contribution in [2.45, 2.75) is 25.3 Å². The lowest BCUT2D eigenvalue weighted by Gasteiger charge is -2.22. The number of thiophene rings is 1. The smallest absolute Gasteiger partial charge is 0.325 e. The number of nitriles is 1. The Balaban J connectivity index is 1.69. The lowest BCUT2D eigenvalue weighted by atomic mass is 9.98. The topological polar surface area (TPSA) is 108 Å². The minimum atomic E-state index is -0.920. The quantitative estimate of drug-likeness (QED) is 0.718. The van der Waals surface area contributed by atoms with Crippen molar-refractivity contribution in [3.8, 4) is 6.07 Å². The van der Waals surface area contributed by atoms with E-state index in [9.17, 15) is 14.4 Å². The second kappa shape index (κ2) is 7.24. The normalized spacial score (nSPS) is 15.8. The average molecular weight is 335 g/mol. The minimum Gasteiger partial charge on any atom is -0.454 e. The highest BCUT2D eigenvalue weighted by atomic mass is 32.1. The molecule has 1 atom stereocenters. The lowest BCUT2D eigenvalue weighted by Crippen LogP contribution is -2.48. The predicted octanol–water partition coefficient (Wildman–Crippen LogP) is 0.830. The van der Waals surface area contributed by atoms with Crippen molar-refractivity contribution in [2.75, 3.05) is 13.2 Å². The van der Waals surface area contributed by atoms with Crippen molar-refractivity contribution in [2.24, 2.45) is 5.92 Å². The van der Waals surface area contributed by atoms with E-state index in [0.29, 0.717) is 4.88 Å². The van der Waals surface area contributed by atoms with Gasteiger partial charge in [-0.1, -0.05) is 6.07 Å². The number of nitrogens with one attached hydrogen (secondary N) is 2. The van der Waals surface area contributed by atoms with Crippen LogP contribution >= 0.6 is 11.3 Å². The predicted molar refractivity (Wildman–Crippen MR) is 82.5 cm³/mol. The molecule has 0 aliphatic heterocycles. The maximum Gasteiger partial charge on any atom is 0.325 e. The number of hydrogen-bond acceptors (Lipinski definition) is 6. The van der Waals surface area contributed by atoms with Crippen molar-refractivity contribution in [1.82, 2.24) is 10.6 Å². The highest BCUT2D eigenvalue weighted by Crippen LogP contribution is 2.39. The van der Waals surface area contributed by atoms with Gasteiger partial charge in [-0.05, 0) is 37.1 Å². The summed E-state index contributed by atoms with van der Waals surface area (Å²) in [5.41, 5.74) is -0.920. The fourth-order valence-electron chi connectivity index (χ4n) is 2.05. The second-order valence-corrected chi connectivity index (χ2v) is 6.40. The molecule has 0 spiro atoms. The fourth-order valence-corrected chi connectivity index (χ4v) is 2.69. The molecule has 0 saturated heterocycles. The van der Waals surface area contributed by atoms with E-state index in [1.54, 1.807) is 24.4 Å². The molecule has 0 bridgehead atoms. The van der Waals surface area contributed by atoms with E-state index in [2.05, 4.69) is 16.7 Å². The van der Waals surface area contributed by atoms with Crippen LogP contribution in [0, 0.1) is 17.2 Å². The van der Waals surface area contributed by atoms with Crippen LogP contribution in [0.3, 0.4) is 0 Å². The molecule has 1 aromatic rings. The fraction of sp³-hybridized carbons (Fsp3) is 0.467. The van der Waals surface area contributed by atoms with Gasteiger partial charge in [-0.3, -0.25) is 14.4 Å². The van der Waals surface area contributed by atoms with Crippen molar-refractivity contribution >= 4 is 29.1 Å². The summed E-state index contributed by atoms with van der Waals surface area (Å²) in [5.74, 6) is -1.46. The zero-order valence-electron chi connectivity index (χ0n) is 12.6. The highest BCUT2D eigenvalue weighted by Gasteiger charge is 2.43. The first-order valence-electron chi connectivity index (χ1n) is 7.14. The van der Waals surface area contributed by atoms with Crippen LogP contribution in [0.5, 0.6) is 0 Å². The van der Waals surface area contributed by atoms with Crippen molar-refractivity contribution in [3.05, 3.63) is 22.4 Å². The zero-order valence-corrected chi connectivity index (χ0v) is 13.4. The summed E-state index contributed by atoms with van der Waals surface area (Å²) in [4.78, 5) is 35.4. The monoisotopic (exact) mass is 335 g/mol. The van der Waals surface area contributed by atoms with E-state index in [-0.39, 0.29) is 18.4 Å². The number of hydrogen-bond donors (Lipinski definition) is 2. The molecule has 8 heteroatoms. The standard InChI is InChI=1S/C15H17N3O4S/c1-15(9-16,10-4-5-10)18-12(19)8-22-13(20)7-17-14(21)11-3-2-6-23-11/h2-3,6,10H,4-5,7-8H2,1H3,(H,17,21)(H,18,19)/t15-/m0/s1. The molecule has 7 nitrogen and oxygen atoms in total. The number of nitrogens with zero attached hydrogens (tertiary/aromatic N) is 1. The molecule has 2 N–H and O–H groups in total. The Kier molecular flexibility index (Phi) is 5.34. The van der Waals surface area contributed by atoms with Gasteiger partial charge in [-0.2, -0.15) is 5.26 Å². The van der Waals surface area contributed by atoms with Crippen molar-refractivity contribution in [1.29, 1.82) is 5.26 Å². The maximum absolute atomic E-state index is 11.8. The summed E-state index contributed by atoms with van der Waals surface area (Å²) in [6.07, 6.45) is 1.80. The Morgan fingerprint density at radius 3 is 2.78 bits per heavy atom. The summed E-state index contributed by atoms with van der Waals surface area (Å²) in [7, 11) is 0. The third kappa shape index (κ3) is 4.79. The van der Waals surface area contributed by atoms with Crippen LogP contribution in [-0.2, 0) is 14.3 Å². The number of rotatable bonds is 7. The van der Waals surface area contributed by atoms with Gasteiger partial charge < -0.3 is 15.4 Å². The van der Waals surface area contributed by atoms with Crippen molar-refractivity contribution < 1.29 is 19.1 Å². The molecular formula is C15H17N3O4S. The van der Waals surface area contributed by atoms with Gasteiger partial charge in [0.1, 0.15) is 12.1 Å². The third-order valence-electron chi connectivity index (χ3n) is 3.53. The first kappa shape index (κ1) is 17.0. The van der Waals surface area contributed by atoms with Crippen LogP contribution in [0.15, 0.2) is 17.5 Å². The van der Waals surface area contributed by atoms with Gasteiger partial charge in [0.15, 0.2) is 6.61 Å². The molecule has 1 aromatic heterocycles. The minimum absolute atomic E-state index is 0.150. The van der Waals surface area contributed by atoms with E-state index >= 15 is 0 Å². The maximum atomic E-state index is 11.8. The number of amides is 2. The van der Waals surface area contributed by atoms with Gasteiger partial charge in [-0.15, -0.1) is 11.3 Å². The molecular weight excluding hydrogens is 318 g/mol. The first-order chi connectivity index (χ1) is 10.9. The van der Waals surface area contributed by atoms with Gasteiger partial charge in [0.2, 0.25) is 0 Å². The Labute approximate surface area is 137 Å². The SMILES string of the molecule is C[C@@](C#N)(NC(=O)COC(=O)CNC(=O)c1cccs1)C1CC1. The largest absolute Gasteiger partial charge is 0.454 e. The number of carbonyl (C=O) groups is 3. The van der Waals surface area contributed by atoms with Gasteiger partial charge >= 0.3 is 5.97 Å². The summed E-state index contributed by atoms with van der Waals surface area (Å²) >= 11 is 1.26. The molecule has 2 rings (SSSR count). The molecule has 23 heavy (non-hydrogen) atoms. The molecule has 1 fully saturated rings. The van der Waals surface area contributed by atoms with Crippen LogP contribution in [0.4, 0.5) is 0 Å². The molecule has 1 saturated carbocycles. The average Bonchev–Trinajstić information content (AvgIpc) is 3.26. The molecule has 1 heterocycles. The van der Waals surface area contributed by atoms with Crippen LogP contribution in [-0.4, -0.2) is 36.5 Å². The van der Waals surface area contributed by atoms with E-state index in [1.807, 2.05) is 0 Å². The Hall–Kier alpha value is -2.40. The van der Waals surface area contributed by atoms with E-state index < -0.39 is 24.0 Å². The first-order valence-corrected chi connectivity index (χ1v) is 8.02. The molecule has 0 aromatic carbocycles. The third-order valence-corrected chi connectivity index (χ3v) is 4.40. The van der Waals surface area contributed by atoms with Crippen LogP contribution in [0.1, 0.15) is 29.4 Å². The zero-order chi connectivity index (χ0) is 16.9. The van der Waals surface area contributed by atoms with Gasteiger partial charge in [0.25, 0.3) is 11.8 Å². The van der Waals surface area contributed by atoms with Crippen LogP contribution in [0.2, 0.25) is 0 Å². The van der Waals surface area contributed by atoms with Crippen molar-refractivity contribution in [3.63, 3.8) is 0 Å². The molecule has 0 radical (unpaired) electrons. The Morgan fingerprint density at radius 2 is 2.22 bits per heavy atom.